The summed E-state index contributed by atoms with van der Waals surface area (Å²) in [7, 11) is 2.13. The van der Waals surface area contributed by atoms with Gasteiger partial charge in [-0.3, -0.25) is 4.90 Å². The molecule has 1 N–H and O–H groups in total. The molecule has 0 spiro atoms. The van der Waals surface area contributed by atoms with Crippen LogP contribution in [0.1, 0.15) is 29.7 Å². The molecule has 0 saturated heterocycles. The van der Waals surface area contributed by atoms with Crippen LogP contribution in [0.25, 0.3) is 0 Å². The zero-order chi connectivity index (χ0) is 13.1. The van der Waals surface area contributed by atoms with Crippen LogP contribution in [0.5, 0.6) is 0 Å². The monoisotopic (exact) mass is 276 g/mol. The number of furan rings is 1. The minimum Gasteiger partial charge on any atom is -0.468 e. The lowest BCUT2D eigenvalue weighted by atomic mass is 10.3. The third-order valence-electron chi connectivity index (χ3n) is 3.34. The van der Waals surface area contributed by atoms with Crippen molar-refractivity contribution in [1.29, 1.82) is 0 Å². The summed E-state index contributed by atoms with van der Waals surface area (Å²) in [4.78, 5) is 2.28. The van der Waals surface area contributed by atoms with Crippen molar-refractivity contribution in [3.05, 3.63) is 46.0 Å². The summed E-state index contributed by atoms with van der Waals surface area (Å²) in [6.45, 7) is 2.77. The van der Waals surface area contributed by atoms with Crippen molar-refractivity contribution >= 4 is 11.3 Å². The molecule has 1 aliphatic rings. The molecule has 3 rings (SSSR count). The molecule has 0 aromatic carbocycles. The third kappa shape index (κ3) is 3.93. The van der Waals surface area contributed by atoms with Crippen molar-refractivity contribution in [2.75, 3.05) is 7.05 Å². The van der Waals surface area contributed by atoms with Crippen LogP contribution >= 0.6 is 11.3 Å². The number of hydrogen-bond acceptors (Lipinski definition) is 4. The predicted octanol–water partition coefficient (Wildman–Crippen LogP) is 3.23. The van der Waals surface area contributed by atoms with Crippen LogP contribution in [-0.2, 0) is 19.6 Å². The number of thiophene rings is 1. The fourth-order valence-electron chi connectivity index (χ4n) is 2.17. The van der Waals surface area contributed by atoms with E-state index in [1.54, 1.807) is 11.3 Å². The van der Waals surface area contributed by atoms with Gasteiger partial charge in [0.1, 0.15) is 5.76 Å². The van der Waals surface area contributed by atoms with Gasteiger partial charge in [0, 0.05) is 24.7 Å². The van der Waals surface area contributed by atoms with Gasteiger partial charge in [0.2, 0.25) is 0 Å². The van der Waals surface area contributed by atoms with E-state index in [4.69, 9.17) is 4.42 Å². The fourth-order valence-corrected chi connectivity index (χ4v) is 2.83. The van der Waals surface area contributed by atoms with Gasteiger partial charge in [0.05, 0.1) is 12.8 Å². The third-order valence-corrected chi connectivity index (χ3v) is 4.07. The molecule has 0 aliphatic heterocycles. The molecule has 19 heavy (non-hydrogen) atoms. The van der Waals surface area contributed by atoms with Crippen LogP contribution in [0.2, 0.25) is 0 Å². The summed E-state index contributed by atoms with van der Waals surface area (Å²) in [5.74, 6) is 1.05. The zero-order valence-corrected chi connectivity index (χ0v) is 12.1. The maximum Gasteiger partial charge on any atom is 0.118 e. The Morgan fingerprint density at radius 2 is 2.26 bits per heavy atom. The first-order valence-corrected chi connectivity index (χ1v) is 7.73. The Morgan fingerprint density at radius 1 is 1.37 bits per heavy atom. The standard InChI is InChI=1S/C15H20N2OS/c1-17(8-12-4-5-19-11-12)9-15-6-13(10-18-15)7-16-14-2-3-14/h4-6,10-11,14,16H,2-3,7-9H2,1H3. The van der Waals surface area contributed by atoms with E-state index >= 15 is 0 Å². The van der Waals surface area contributed by atoms with E-state index in [1.807, 2.05) is 6.26 Å². The largest absolute Gasteiger partial charge is 0.468 e. The highest BCUT2D eigenvalue weighted by Crippen LogP contribution is 2.20. The lowest BCUT2D eigenvalue weighted by Gasteiger charge is -2.13. The number of rotatable bonds is 7. The van der Waals surface area contributed by atoms with Gasteiger partial charge in [-0.25, -0.2) is 0 Å². The number of nitrogens with one attached hydrogen (secondary N) is 1. The molecule has 1 aliphatic carbocycles. The Balaban J connectivity index is 1.48. The minimum atomic E-state index is 0.750. The van der Waals surface area contributed by atoms with E-state index in [2.05, 4.69) is 40.2 Å². The Hall–Kier alpha value is -1.10. The molecule has 2 aromatic rings. The predicted molar refractivity (Wildman–Crippen MR) is 78.1 cm³/mol. The van der Waals surface area contributed by atoms with Crippen LogP contribution in [-0.4, -0.2) is 18.0 Å². The first-order valence-electron chi connectivity index (χ1n) is 6.79. The molecule has 4 heteroatoms. The molecule has 0 bridgehead atoms. The molecule has 2 aromatic heterocycles. The van der Waals surface area contributed by atoms with E-state index in [1.165, 1.54) is 24.0 Å². The van der Waals surface area contributed by atoms with Gasteiger partial charge in [0.15, 0.2) is 0 Å². The van der Waals surface area contributed by atoms with E-state index in [0.29, 0.717) is 0 Å². The van der Waals surface area contributed by atoms with E-state index in [0.717, 1.165) is 31.4 Å². The second kappa shape index (κ2) is 5.90. The normalized spacial score (nSPS) is 15.3. The van der Waals surface area contributed by atoms with Gasteiger partial charge in [-0.05, 0) is 48.3 Å². The summed E-state index contributed by atoms with van der Waals surface area (Å²) in [5, 5.41) is 7.82. The quantitative estimate of drug-likeness (QED) is 0.841. The van der Waals surface area contributed by atoms with Gasteiger partial charge in [-0.1, -0.05) is 0 Å². The number of nitrogens with zero attached hydrogens (tertiary/aromatic N) is 1. The van der Waals surface area contributed by atoms with Gasteiger partial charge >= 0.3 is 0 Å². The summed E-state index contributed by atoms with van der Waals surface area (Å²) >= 11 is 1.75. The van der Waals surface area contributed by atoms with E-state index in [-0.39, 0.29) is 0 Å². The van der Waals surface area contributed by atoms with Crippen LogP contribution in [0.4, 0.5) is 0 Å². The molecule has 0 amide bonds. The minimum absolute atomic E-state index is 0.750. The second-order valence-electron chi connectivity index (χ2n) is 5.38. The molecule has 2 heterocycles. The summed E-state index contributed by atoms with van der Waals surface area (Å²) < 4.78 is 5.63. The SMILES string of the molecule is CN(Cc1ccsc1)Cc1cc(CNC2CC2)co1. The second-order valence-corrected chi connectivity index (χ2v) is 6.16. The molecular weight excluding hydrogens is 256 g/mol. The molecule has 0 atom stereocenters. The highest BCUT2D eigenvalue weighted by atomic mass is 32.1. The van der Waals surface area contributed by atoms with E-state index in [9.17, 15) is 0 Å². The smallest absolute Gasteiger partial charge is 0.118 e. The van der Waals surface area contributed by atoms with Crippen molar-refractivity contribution < 1.29 is 4.42 Å². The topological polar surface area (TPSA) is 28.4 Å². The summed E-state index contributed by atoms with van der Waals surface area (Å²) in [6, 6.07) is 5.09. The maximum absolute atomic E-state index is 5.63. The van der Waals surface area contributed by atoms with Crippen molar-refractivity contribution in [2.45, 2.75) is 38.5 Å². The number of hydrogen-bond donors (Lipinski definition) is 1. The average molecular weight is 276 g/mol. The molecule has 3 nitrogen and oxygen atoms in total. The van der Waals surface area contributed by atoms with Crippen molar-refractivity contribution in [3.8, 4) is 0 Å². The Bertz CT molecular complexity index is 502. The highest BCUT2D eigenvalue weighted by molar-refractivity contribution is 7.07. The highest BCUT2D eigenvalue weighted by Gasteiger charge is 2.20. The lowest BCUT2D eigenvalue weighted by molar-refractivity contribution is 0.288. The molecule has 1 fully saturated rings. The Kier molecular flexibility index (Phi) is 4.01. The van der Waals surface area contributed by atoms with Gasteiger partial charge in [-0.15, -0.1) is 0 Å². The molecule has 0 radical (unpaired) electrons. The molecule has 0 unspecified atom stereocenters. The summed E-state index contributed by atoms with van der Waals surface area (Å²) in [5.41, 5.74) is 2.63. The van der Waals surface area contributed by atoms with Crippen LogP contribution in [0.3, 0.4) is 0 Å². The maximum atomic E-state index is 5.63. The summed E-state index contributed by atoms with van der Waals surface area (Å²) in [6.07, 6.45) is 4.53. The first-order chi connectivity index (χ1) is 9.29. The van der Waals surface area contributed by atoms with Gasteiger partial charge < -0.3 is 9.73 Å². The van der Waals surface area contributed by atoms with Gasteiger partial charge in [0.25, 0.3) is 0 Å². The lowest BCUT2D eigenvalue weighted by Crippen LogP contribution is -2.16. The molecular formula is C15H20N2OS. The van der Waals surface area contributed by atoms with Crippen LogP contribution in [0, 0.1) is 0 Å². The Labute approximate surface area is 118 Å². The molecule has 1 saturated carbocycles. The van der Waals surface area contributed by atoms with Gasteiger partial charge in [-0.2, -0.15) is 11.3 Å². The van der Waals surface area contributed by atoms with Crippen molar-refractivity contribution in [1.82, 2.24) is 10.2 Å². The van der Waals surface area contributed by atoms with E-state index < -0.39 is 0 Å². The fraction of sp³-hybridized carbons (Fsp3) is 0.467. The van der Waals surface area contributed by atoms with Crippen LogP contribution < -0.4 is 5.32 Å². The first kappa shape index (κ1) is 12.9. The molecule has 102 valence electrons. The average Bonchev–Trinajstić information content (AvgIpc) is 2.88. The zero-order valence-electron chi connectivity index (χ0n) is 11.3. The van der Waals surface area contributed by atoms with Crippen molar-refractivity contribution in [3.63, 3.8) is 0 Å². The van der Waals surface area contributed by atoms with Crippen LogP contribution in [0.15, 0.2) is 33.6 Å². The van der Waals surface area contributed by atoms with Crippen molar-refractivity contribution in [2.24, 2.45) is 0 Å². The Morgan fingerprint density at radius 3 is 3.00 bits per heavy atom.